The summed E-state index contributed by atoms with van der Waals surface area (Å²) in [4.78, 5) is 13.5. The number of likely N-dealkylation sites (tertiary alicyclic amines) is 1. The Hall–Kier alpha value is -0.410. The maximum atomic E-state index is 11.1. The number of ether oxygens (including phenoxy) is 1. The van der Waals surface area contributed by atoms with Crippen LogP contribution < -0.4 is 0 Å². The van der Waals surface area contributed by atoms with E-state index in [1.165, 1.54) is 0 Å². The molecule has 1 fully saturated rings. The summed E-state index contributed by atoms with van der Waals surface area (Å²) in [6.07, 6.45) is 2.54. The molecule has 0 radical (unpaired) electrons. The molecular weight excluding hydrogens is 178 g/mol. The van der Waals surface area contributed by atoms with Crippen LogP contribution in [-0.2, 0) is 9.53 Å². The van der Waals surface area contributed by atoms with E-state index in [1.54, 1.807) is 0 Å². The Morgan fingerprint density at radius 1 is 1.57 bits per heavy atom. The lowest BCUT2D eigenvalue weighted by Gasteiger charge is -2.32. The molecule has 82 valence electrons. The summed E-state index contributed by atoms with van der Waals surface area (Å²) < 4.78 is 5.29. The molecule has 1 heterocycles. The minimum absolute atomic E-state index is 0.415. The summed E-state index contributed by atoms with van der Waals surface area (Å²) in [6.45, 7) is 7.79. The van der Waals surface area contributed by atoms with E-state index in [0.717, 1.165) is 45.6 Å². The molecule has 1 rings (SSSR count). The van der Waals surface area contributed by atoms with Crippen molar-refractivity contribution in [2.24, 2.45) is 0 Å². The molecule has 0 aromatic heterocycles. The zero-order valence-electron chi connectivity index (χ0n) is 9.29. The second kappa shape index (κ2) is 6.14. The molecule has 3 heteroatoms. The zero-order chi connectivity index (χ0) is 10.4. The van der Waals surface area contributed by atoms with E-state index in [2.05, 4.69) is 11.8 Å². The molecule has 0 amide bonds. The Balaban J connectivity index is 2.14. The van der Waals surface area contributed by atoms with Crippen LogP contribution >= 0.6 is 0 Å². The minimum Gasteiger partial charge on any atom is -0.382 e. The molecular formula is C11H21NO2. The van der Waals surface area contributed by atoms with Gasteiger partial charge >= 0.3 is 0 Å². The zero-order valence-corrected chi connectivity index (χ0v) is 9.29. The molecule has 0 aliphatic carbocycles. The van der Waals surface area contributed by atoms with Gasteiger partial charge in [-0.3, -0.25) is 9.69 Å². The van der Waals surface area contributed by atoms with E-state index in [1.807, 2.05) is 6.92 Å². The van der Waals surface area contributed by atoms with Crippen LogP contribution in [0.2, 0.25) is 0 Å². The van der Waals surface area contributed by atoms with E-state index in [-0.39, 0.29) is 0 Å². The number of nitrogens with zero attached hydrogens (tertiary/aromatic N) is 1. The third-order valence-electron chi connectivity index (χ3n) is 2.76. The van der Waals surface area contributed by atoms with Gasteiger partial charge in [-0.2, -0.15) is 0 Å². The highest BCUT2D eigenvalue weighted by Crippen LogP contribution is 2.13. The van der Waals surface area contributed by atoms with Crippen LogP contribution in [0.25, 0.3) is 0 Å². The average Bonchev–Trinajstić information content (AvgIpc) is 2.15. The quantitative estimate of drug-likeness (QED) is 0.628. The first kappa shape index (κ1) is 11.7. The first-order valence-corrected chi connectivity index (χ1v) is 5.57. The molecule has 0 spiro atoms. The number of rotatable bonds is 5. The van der Waals surface area contributed by atoms with Crippen LogP contribution in [0.4, 0.5) is 0 Å². The topological polar surface area (TPSA) is 29.5 Å². The van der Waals surface area contributed by atoms with E-state index in [0.29, 0.717) is 11.8 Å². The van der Waals surface area contributed by atoms with Gasteiger partial charge in [0.1, 0.15) is 5.78 Å². The summed E-state index contributed by atoms with van der Waals surface area (Å²) in [7, 11) is 0. The molecule has 0 bridgehead atoms. The third kappa shape index (κ3) is 3.76. The molecule has 1 aliphatic rings. The van der Waals surface area contributed by atoms with Crippen molar-refractivity contribution in [3.05, 3.63) is 0 Å². The number of hydrogen-bond donors (Lipinski definition) is 0. The number of ketones is 1. The fourth-order valence-corrected chi connectivity index (χ4v) is 1.90. The lowest BCUT2D eigenvalue weighted by Crippen LogP contribution is -2.41. The van der Waals surface area contributed by atoms with Crippen molar-refractivity contribution in [2.45, 2.75) is 39.2 Å². The van der Waals surface area contributed by atoms with Gasteiger partial charge in [-0.25, -0.2) is 0 Å². The Morgan fingerprint density at radius 2 is 2.36 bits per heavy atom. The molecule has 0 N–H and O–H groups in total. The van der Waals surface area contributed by atoms with E-state index in [9.17, 15) is 4.79 Å². The highest BCUT2D eigenvalue weighted by Gasteiger charge is 2.22. The Kier molecular flexibility index (Phi) is 5.12. The molecule has 1 saturated heterocycles. The SMILES string of the molecule is CCOCCCN1CCC(=O)CC1C. The first-order valence-electron chi connectivity index (χ1n) is 5.57. The van der Waals surface area contributed by atoms with Gasteiger partial charge < -0.3 is 4.74 Å². The molecule has 3 nitrogen and oxygen atoms in total. The second-order valence-electron chi connectivity index (χ2n) is 3.93. The Bertz CT molecular complexity index is 182. The Morgan fingerprint density at radius 3 is 3.00 bits per heavy atom. The fraction of sp³-hybridized carbons (Fsp3) is 0.909. The smallest absolute Gasteiger partial charge is 0.135 e. The average molecular weight is 199 g/mol. The van der Waals surface area contributed by atoms with Crippen LogP contribution in [0.15, 0.2) is 0 Å². The van der Waals surface area contributed by atoms with Crippen LogP contribution in [0.5, 0.6) is 0 Å². The second-order valence-corrected chi connectivity index (χ2v) is 3.93. The van der Waals surface area contributed by atoms with Crippen LogP contribution in [0.3, 0.4) is 0 Å². The molecule has 1 unspecified atom stereocenters. The van der Waals surface area contributed by atoms with Gasteiger partial charge in [0.15, 0.2) is 0 Å². The van der Waals surface area contributed by atoms with Gasteiger partial charge in [-0.15, -0.1) is 0 Å². The van der Waals surface area contributed by atoms with Crippen molar-refractivity contribution in [3.8, 4) is 0 Å². The lowest BCUT2D eigenvalue weighted by atomic mass is 10.0. The van der Waals surface area contributed by atoms with Gasteiger partial charge in [0.2, 0.25) is 0 Å². The maximum absolute atomic E-state index is 11.1. The predicted octanol–water partition coefficient (Wildman–Crippen LogP) is 1.47. The van der Waals surface area contributed by atoms with Gasteiger partial charge in [0.25, 0.3) is 0 Å². The van der Waals surface area contributed by atoms with E-state index in [4.69, 9.17) is 4.74 Å². The van der Waals surface area contributed by atoms with Crippen molar-refractivity contribution in [2.75, 3.05) is 26.3 Å². The Labute approximate surface area is 86.4 Å². The van der Waals surface area contributed by atoms with Gasteiger partial charge in [0.05, 0.1) is 0 Å². The maximum Gasteiger partial charge on any atom is 0.135 e. The number of carbonyl (C=O) groups is 1. The number of piperidine rings is 1. The van der Waals surface area contributed by atoms with Gasteiger partial charge in [0, 0.05) is 45.2 Å². The fourth-order valence-electron chi connectivity index (χ4n) is 1.90. The van der Waals surface area contributed by atoms with E-state index < -0.39 is 0 Å². The van der Waals surface area contributed by atoms with Crippen molar-refractivity contribution in [3.63, 3.8) is 0 Å². The summed E-state index contributed by atoms with van der Waals surface area (Å²) in [5, 5.41) is 0. The van der Waals surface area contributed by atoms with E-state index >= 15 is 0 Å². The molecule has 1 aliphatic heterocycles. The first-order chi connectivity index (χ1) is 6.74. The third-order valence-corrected chi connectivity index (χ3v) is 2.76. The molecule has 0 aromatic rings. The van der Waals surface area contributed by atoms with Crippen molar-refractivity contribution in [1.82, 2.24) is 4.90 Å². The summed E-state index contributed by atoms with van der Waals surface area (Å²) in [6, 6.07) is 0.429. The molecule has 0 aromatic carbocycles. The standard InChI is InChI=1S/C11H21NO2/c1-3-14-8-4-6-12-7-5-11(13)9-10(12)2/h10H,3-9H2,1-2H3. The van der Waals surface area contributed by atoms with Crippen molar-refractivity contribution >= 4 is 5.78 Å². The van der Waals surface area contributed by atoms with Gasteiger partial charge in [-0.1, -0.05) is 0 Å². The number of carbonyl (C=O) groups excluding carboxylic acids is 1. The lowest BCUT2D eigenvalue weighted by molar-refractivity contribution is -0.122. The van der Waals surface area contributed by atoms with Crippen molar-refractivity contribution in [1.29, 1.82) is 0 Å². The molecule has 1 atom stereocenters. The number of hydrogen-bond acceptors (Lipinski definition) is 3. The minimum atomic E-state index is 0.415. The molecule has 14 heavy (non-hydrogen) atoms. The monoisotopic (exact) mass is 199 g/mol. The van der Waals surface area contributed by atoms with Crippen LogP contribution in [-0.4, -0.2) is 43.0 Å². The largest absolute Gasteiger partial charge is 0.382 e. The summed E-state index contributed by atoms with van der Waals surface area (Å²) in [5.41, 5.74) is 0. The molecule has 0 saturated carbocycles. The van der Waals surface area contributed by atoms with Gasteiger partial charge in [-0.05, 0) is 20.3 Å². The highest BCUT2D eigenvalue weighted by molar-refractivity contribution is 5.79. The summed E-state index contributed by atoms with van der Waals surface area (Å²) >= 11 is 0. The predicted molar refractivity (Wildman–Crippen MR) is 56.4 cm³/mol. The highest BCUT2D eigenvalue weighted by atomic mass is 16.5. The van der Waals surface area contributed by atoms with Crippen molar-refractivity contribution < 1.29 is 9.53 Å². The number of Topliss-reactive ketones (excluding diaryl/α,β-unsaturated/α-hetero) is 1. The summed E-state index contributed by atoms with van der Waals surface area (Å²) in [5.74, 6) is 0.415. The van der Waals surface area contributed by atoms with Crippen LogP contribution in [0, 0.1) is 0 Å². The normalized spacial score (nSPS) is 24.1. The van der Waals surface area contributed by atoms with Crippen LogP contribution in [0.1, 0.15) is 33.1 Å².